The molecule has 3 aliphatic heterocycles. The van der Waals surface area contributed by atoms with Crippen molar-refractivity contribution in [3.8, 4) is 5.75 Å². The first-order valence-electron chi connectivity index (χ1n) is 13.6. The number of nitrogens with one attached hydrogen (secondary N) is 2. The van der Waals surface area contributed by atoms with Crippen LogP contribution >= 0.6 is 11.8 Å². The highest BCUT2D eigenvalue weighted by Crippen LogP contribution is 2.71. The number of rotatable bonds is 8. The molecule has 6 atom stereocenters. The van der Waals surface area contributed by atoms with Gasteiger partial charge in [-0.25, -0.2) is 0 Å². The van der Waals surface area contributed by atoms with E-state index in [-0.39, 0.29) is 24.3 Å². The molecule has 0 saturated carbocycles. The van der Waals surface area contributed by atoms with Gasteiger partial charge in [0.05, 0.1) is 35.8 Å². The molecular formula is C30H37N3O5S. The maximum Gasteiger partial charge on any atom is 0.248 e. The van der Waals surface area contributed by atoms with Crippen LogP contribution in [0.1, 0.15) is 44.7 Å². The minimum absolute atomic E-state index is 0.221. The average Bonchev–Trinajstić information content (AvgIpc) is 3.47. The molecule has 2 aromatic rings. The van der Waals surface area contributed by atoms with Crippen LogP contribution in [-0.2, 0) is 14.4 Å². The second-order valence-electron chi connectivity index (χ2n) is 11.3. The maximum absolute atomic E-state index is 14.1. The van der Waals surface area contributed by atoms with Gasteiger partial charge in [-0.2, -0.15) is 0 Å². The van der Waals surface area contributed by atoms with E-state index in [1.807, 2.05) is 45.9 Å². The summed E-state index contributed by atoms with van der Waals surface area (Å²) in [5, 5.41) is 16.2. The highest BCUT2D eigenvalue weighted by Gasteiger charge is 2.77. The monoisotopic (exact) mass is 551 g/mol. The van der Waals surface area contributed by atoms with E-state index in [2.05, 4.69) is 10.6 Å². The Hall–Kier alpha value is -3.04. The number of aliphatic hydroxyl groups excluding tert-OH is 1. The van der Waals surface area contributed by atoms with Crippen molar-refractivity contribution >= 4 is 40.9 Å². The van der Waals surface area contributed by atoms with Gasteiger partial charge in [0.15, 0.2) is 0 Å². The van der Waals surface area contributed by atoms with Gasteiger partial charge < -0.3 is 25.4 Å². The molecule has 2 aromatic carbocycles. The van der Waals surface area contributed by atoms with Crippen LogP contribution in [0.4, 0.5) is 11.4 Å². The first-order valence-corrected chi connectivity index (χ1v) is 14.4. The summed E-state index contributed by atoms with van der Waals surface area (Å²) in [4.78, 5) is 43.5. The third-order valence-electron chi connectivity index (χ3n) is 8.57. The largest absolute Gasteiger partial charge is 0.494 e. The summed E-state index contributed by atoms with van der Waals surface area (Å²) < 4.78 is 4.27. The highest BCUT2D eigenvalue weighted by atomic mass is 32.2. The lowest BCUT2D eigenvalue weighted by atomic mass is 9.66. The number of hydrogen-bond acceptors (Lipinski definition) is 6. The minimum atomic E-state index is -0.799. The van der Waals surface area contributed by atoms with E-state index in [4.69, 9.17) is 4.74 Å². The maximum atomic E-state index is 14.1. The van der Waals surface area contributed by atoms with Crippen molar-refractivity contribution in [1.82, 2.24) is 4.90 Å². The van der Waals surface area contributed by atoms with Crippen molar-refractivity contribution in [3.63, 3.8) is 0 Å². The topological polar surface area (TPSA) is 108 Å². The standard InChI is InChI=1S/C30H37N3O5S/c1-6-38-21-11-9-20(10-12-21)31-26(35)23-24-28(37)33(19(4)16-34)25(30(24)14-13-29(23,5)39-30)27(36)32-22-15-17(2)7-8-18(22)3/h7-12,15,19,23-25,34H,6,13-14,16H2,1-5H3,(H,31,35)(H,32,36)/t19-,23-,24+,25?,29+,30?/m1/s1. The lowest BCUT2D eigenvalue weighted by Gasteiger charge is -2.36. The summed E-state index contributed by atoms with van der Waals surface area (Å²) in [5.41, 5.74) is 3.28. The zero-order valence-electron chi connectivity index (χ0n) is 23.1. The molecule has 2 bridgehead atoms. The number of nitrogens with zero attached hydrogens (tertiary/aromatic N) is 1. The number of thioether (sulfide) groups is 1. The van der Waals surface area contributed by atoms with Crippen molar-refractivity contribution in [1.29, 1.82) is 0 Å². The van der Waals surface area contributed by atoms with E-state index in [1.54, 1.807) is 47.9 Å². The molecule has 0 aliphatic carbocycles. The quantitative estimate of drug-likeness (QED) is 0.455. The van der Waals surface area contributed by atoms with Crippen LogP contribution in [0.5, 0.6) is 5.75 Å². The third-order valence-corrected chi connectivity index (χ3v) is 10.6. The summed E-state index contributed by atoms with van der Waals surface area (Å²) in [6.45, 7) is 9.88. The van der Waals surface area contributed by atoms with Crippen molar-refractivity contribution < 1.29 is 24.2 Å². The van der Waals surface area contributed by atoms with Crippen molar-refractivity contribution in [2.45, 2.75) is 69.0 Å². The summed E-state index contributed by atoms with van der Waals surface area (Å²) in [6, 6.07) is 11.7. The smallest absolute Gasteiger partial charge is 0.248 e. The Morgan fingerprint density at radius 1 is 1.13 bits per heavy atom. The van der Waals surface area contributed by atoms with Crippen molar-refractivity contribution in [2.24, 2.45) is 11.8 Å². The van der Waals surface area contributed by atoms with Gasteiger partial charge in [0, 0.05) is 16.1 Å². The van der Waals surface area contributed by atoms with E-state index < -0.39 is 33.4 Å². The Kier molecular flexibility index (Phi) is 7.18. The lowest BCUT2D eigenvalue weighted by molar-refractivity contribution is -0.141. The van der Waals surface area contributed by atoms with E-state index in [9.17, 15) is 19.5 Å². The van der Waals surface area contributed by atoms with Gasteiger partial charge in [-0.05, 0) is 88.9 Å². The average molecular weight is 552 g/mol. The molecule has 3 amide bonds. The second kappa shape index (κ2) is 10.2. The van der Waals surface area contributed by atoms with Gasteiger partial charge >= 0.3 is 0 Å². The van der Waals surface area contributed by atoms with Crippen molar-refractivity contribution in [2.75, 3.05) is 23.8 Å². The Morgan fingerprint density at radius 2 is 1.85 bits per heavy atom. The summed E-state index contributed by atoms with van der Waals surface area (Å²) >= 11 is 1.61. The fraction of sp³-hybridized carbons (Fsp3) is 0.500. The van der Waals surface area contributed by atoms with Gasteiger partial charge in [-0.1, -0.05) is 12.1 Å². The first kappa shape index (κ1) is 27.5. The van der Waals surface area contributed by atoms with Crippen molar-refractivity contribution in [3.05, 3.63) is 53.6 Å². The van der Waals surface area contributed by atoms with Gasteiger partial charge in [0.25, 0.3) is 0 Å². The zero-order valence-corrected chi connectivity index (χ0v) is 23.9. The van der Waals surface area contributed by atoms with Crippen LogP contribution in [0.25, 0.3) is 0 Å². The number of aliphatic hydroxyl groups is 1. The molecule has 3 N–H and O–H groups in total. The zero-order chi connectivity index (χ0) is 28.1. The molecule has 39 heavy (non-hydrogen) atoms. The number of amides is 3. The molecule has 8 nitrogen and oxygen atoms in total. The van der Waals surface area contributed by atoms with E-state index >= 15 is 0 Å². The van der Waals surface area contributed by atoms with E-state index in [0.717, 1.165) is 17.5 Å². The summed E-state index contributed by atoms with van der Waals surface area (Å²) in [6.07, 6.45) is 1.37. The molecule has 3 saturated heterocycles. The molecule has 2 unspecified atom stereocenters. The molecule has 5 rings (SSSR count). The lowest BCUT2D eigenvalue weighted by Crippen LogP contribution is -2.54. The Bertz CT molecular complexity index is 1300. The number of hydrogen-bond donors (Lipinski definition) is 3. The molecule has 3 aliphatic rings. The third kappa shape index (κ3) is 4.49. The number of carbonyl (C=O) groups excluding carboxylic acids is 3. The van der Waals surface area contributed by atoms with Crippen LogP contribution < -0.4 is 15.4 Å². The SMILES string of the molecule is CCOc1ccc(NC(=O)[C@H]2[C@H]3C(=O)N([C@H](C)CO)C(C(=O)Nc4cc(C)ccc4C)C34CC[C@]2(C)S4)cc1. The van der Waals surface area contributed by atoms with E-state index in [0.29, 0.717) is 30.2 Å². The molecule has 0 aromatic heterocycles. The van der Waals surface area contributed by atoms with Gasteiger partial charge in [-0.3, -0.25) is 14.4 Å². The number of benzene rings is 2. The molecular weight excluding hydrogens is 514 g/mol. The fourth-order valence-electron chi connectivity index (χ4n) is 6.72. The summed E-state index contributed by atoms with van der Waals surface area (Å²) in [7, 11) is 0. The predicted octanol–water partition coefficient (Wildman–Crippen LogP) is 4.14. The number of anilines is 2. The van der Waals surface area contributed by atoms with Crippen LogP contribution in [0.15, 0.2) is 42.5 Å². The molecule has 9 heteroatoms. The molecule has 1 spiro atoms. The van der Waals surface area contributed by atoms with Crippen LogP contribution in [0.3, 0.4) is 0 Å². The number of carbonyl (C=O) groups is 3. The first-order chi connectivity index (χ1) is 18.5. The van der Waals surface area contributed by atoms with Crippen LogP contribution in [0.2, 0.25) is 0 Å². The second-order valence-corrected chi connectivity index (χ2v) is 13.2. The normalized spacial score (nSPS) is 29.7. The van der Waals surface area contributed by atoms with Gasteiger partial charge in [-0.15, -0.1) is 11.8 Å². The Morgan fingerprint density at radius 3 is 2.51 bits per heavy atom. The Labute approximate surface area is 233 Å². The fourth-order valence-corrected chi connectivity index (χ4v) is 9.06. The molecule has 3 fully saturated rings. The number of ether oxygens (including phenoxy) is 1. The summed E-state index contributed by atoms with van der Waals surface area (Å²) in [5.74, 6) is -1.28. The molecule has 208 valence electrons. The minimum Gasteiger partial charge on any atom is -0.494 e. The van der Waals surface area contributed by atoms with Crippen LogP contribution in [0, 0.1) is 25.7 Å². The predicted molar refractivity (Wildman–Crippen MR) is 153 cm³/mol. The Balaban J connectivity index is 1.48. The van der Waals surface area contributed by atoms with Gasteiger partial charge in [0.2, 0.25) is 17.7 Å². The molecule has 3 heterocycles. The number of aryl methyl sites for hydroxylation is 2. The van der Waals surface area contributed by atoms with E-state index in [1.165, 1.54) is 0 Å². The highest BCUT2D eigenvalue weighted by molar-refractivity contribution is 8.02. The number of fused-ring (bicyclic) bond motifs is 1. The number of likely N-dealkylation sites (tertiary alicyclic amines) is 1. The van der Waals surface area contributed by atoms with Gasteiger partial charge in [0.1, 0.15) is 11.8 Å². The molecule has 0 radical (unpaired) electrons. The van der Waals surface area contributed by atoms with Crippen LogP contribution in [-0.4, -0.2) is 62.5 Å².